The van der Waals surface area contributed by atoms with Crippen LogP contribution in [-0.4, -0.2) is 21.2 Å². The van der Waals surface area contributed by atoms with E-state index in [9.17, 15) is 9.90 Å². The Hall–Kier alpha value is -2.79. The number of aromatic amines is 1. The van der Waals surface area contributed by atoms with E-state index < -0.39 is 0 Å². The van der Waals surface area contributed by atoms with Crippen LogP contribution in [0.2, 0.25) is 5.02 Å². The van der Waals surface area contributed by atoms with Crippen molar-refractivity contribution in [1.29, 1.82) is 0 Å². The Morgan fingerprint density at radius 2 is 2.00 bits per heavy atom. The third kappa shape index (κ3) is 3.12. The molecule has 6 heteroatoms. The smallest absolute Gasteiger partial charge is 0.273 e. The highest BCUT2D eigenvalue weighted by atomic mass is 35.5. The first kappa shape index (κ1) is 16.1. The molecule has 0 radical (unpaired) electrons. The molecule has 1 heterocycles. The maximum atomic E-state index is 12.4. The summed E-state index contributed by atoms with van der Waals surface area (Å²) in [5.41, 5.74) is 3.74. The second kappa shape index (κ2) is 6.37. The van der Waals surface area contributed by atoms with Crippen molar-refractivity contribution in [2.24, 2.45) is 0 Å². The highest BCUT2D eigenvalue weighted by Crippen LogP contribution is 2.29. The Labute approximate surface area is 144 Å². The first-order chi connectivity index (χ1) is 11.5. The van der Waals surface area contributed by atoms with Gasteiger partial charge in [-0.15, -0.1) is 0 Å². The molecule has 5 nitrogen and oxygen atoms in total. The Morgan fingerprint density at radius 1 is 1.21 bits per heavy atom. The molecular weight excluding hydrogens is 326 g/mol. The van der Waals surface area contributed by atoms with E-state index >= 15 is 0 Å². The number of benzene rings is 2. The van der Waals surface area contributed by atoms with E-state index in [-0.39, 0.29) is 11.7 Å². The van der Waals surface area contributed by atoms with Crippen LogP contribution in [0.5, 0.6) is 5.75 Å². The molecular formula is C18H16ClN3O2. The van der Waals surface area contributed by atoms with E-state index in [0.29, 0.717) is 27.7 Å². The van der Waals surface area contributed by atoms with E-state index in [1.807, 2.05) is 19.9 Å². The number of nitrogens with one attached hydrogen (secondary N) is 2. The summed E-state index contributed by atoms with van der Waals surface area (Å²) in [5.74, 6) is -0.204. The molecule has 0 saturated carbocycles. The van der Waals surface area contributed by atoms with E-state index in [1.54, 1.807) is 36.4 Å². The minimum absolute atomic E-state index is 0.124. The van der Waals surface area contributed by atoms with Gasteiger partial charge in [0.05, 0.1) is 5.69 Å². The van der Waals surface area contributed by atoms with Crippen molar-refractivity contribution in [1.82, 2.24) is 10.2 Å². The van der Waals surface area contributed by atoms with Gasteiger partial charge in [-0.25, -0.2) is 0 Å². The number of phenols is 1. The number of anilines is 1. The number of hydrogen-bond donors (Lipinski definition) is 3. The average molecular weight is 342 g/mol. The number of carbonyl (C=O) groups is 1. The van der Waals surface area contributed by atoms with Crippen LogP contribution in [0.3, 0.4) is 0 Å². The molecule has 0 spiro atoms. The van der Waals surface area contributed by atoms with Gasteiger partial charge in [0, 0.05) is 16.3 Å². The minimum atomic E-state index is -0.328. The number of aromatic nitrogens is 2. The molecule has 3 N–H and O–H groups in total. The fourth-order valence-corrected chi connectivity index (χ4v) is 2.54. The SMILES string of the molecule is Cc1ccc(-c2cc(C(=O)Nc3cccc(Cl)c3C)[nH]n2)c(O)c1. The topological polar surface area (TPSA) is 78.0 Å². The Morgan fingerprint density at radius 3 is 2.75 bits per heavy atom. The number of aryl methyl sites for hydroxylation is 1. The summed E-state index contributed by atoms with van der Waals surface area (Å²) in [6.45, 7) is 3.72. The number of nitrogens with zero attached hydrogens (tertiary/aromatic N) is 1. The predicted molar refractivity (Wildman–Crippen MR) is 94.6 cm³/mol. The Kier molecular flexibility index (Phi) is 4.27. The first-order valence-electron chi connectivity index (χ1n) is 7.37. The molecule has 2 aromatic carbocycles. The van der Waals surface area contributed by atoms with E-state index in [2.05, 4.69) is 15.5 Å². The Balaban J connectivity index is 1.85. The maximum Gasteiger partial charge on any atom is 0.273 e. The van der Waals surface area contributed by atoms with Gasteiger partial charge in [-0.2, -0.15) is 5.10 Å². The fraction of sp³-hybridized carbons (Fsp3) is 0.111. The maximum absolute atomic E-state index is 12.4. The van der Waals surface area contributed by atoms with Crippen LogP contribution in [0, 0.1) is 13.8 Å². The van der Waals surface area contributed by atoms with Crippen molar-refractivity contribution in [3.63, 3.8) is 0 Å². The monoisotopic (exact) mass is 341 g/mol. The average Bonchev–Trinajstić information content (AvgIpc) is 3.01. The van der Waals surface area contributed by atoms with Gasteiger partial charge in [0.2, 0.25) is 0 Å². The van der Waals surface area contributed by atoms with Crippen LogP contribution in [-0.2, 0) is 0 Å². The number of phenolic OH excluding ortho intramolecular Hbond substituents is 1. The predicted octanol–water partition coefficient (Wildman–Crippen LogP) is 4.30. The van der Waals surface area contributed by atoms with Gasteiger partial charge < -0.3 is 10.4 Å². The van der Waals surface area contributed by atoms with Crippen LogP contribution in [0.1, 0.15) is 21.6 Å². The van der Waals surface area contributed by atoms with Crippen molar-refractivity contribution >= 4 is 23.2 Å². The van der Waals surface area contributed by atoms with Gasteiger partial charge in [0.25, 0.3) is 5.91 Å². The van der Waals surface area contributed by atoms with Gasteiger partial charge in [0.1, 0.15) is 11.4 Å². The molecule has 0 atom stereocenters. The molecule has 122 valence electrons. The zero-order chi connectivity index (χ0) is 17.3. The molecule has 0 aliphatic heterocycles. The van der Waals surface area contributed by atoms with Gasteiger partial charge in [-0.1, -0.05) is 23.7 Å². The molecule has 1 aromatic heterocycles. The van der Waals surface area contributed by atoms with Crippen LogP contribution in [0.25, 0.3) is 11.3 Å². The molecule has 0 unspecified atom stereocenters. The van der Waals surface area contributed by atoms with Gasteiger partial charge in [0.15, 0.2) is 0 Å². The summed E-state index contributed by atoms with van der Waals surface area (Å²) in [4.78, 5) is 12.4. The zero-order valence-corrected chi connectivity index (χ0v) is 14.0. The molecule has 1 amide bonds. The van der Waals surface area contributed by atoms with Crippen LogP contribution < -0.4 is 5.32 Å². The molecule has 0 aliphatic carbocycles. The van der Waals surface area contributed by atoms with E-state index in [1.165, 1.54) is 0 Å². The molecule has 0 fully saturated rings. The highest BCUT2D eigenvalue weighted by molar-refractivity contribution is 6.31. The molecule has 24 heavy (non-hydrogen) atoms. The summed E-state index contributed by atoms with van der Waals surface area (Å²) in [7, 11) is 0. The van der Waals surface area contributed by atoms with E-state index in [0.717, 1.165) is 11.1 Å². The largest absolute Gasteiger partial charge is 0.507 e. The standard InChI is InChI=1S/C18H16ClN3O2/c1-10-6-7-12(17(23)8-10)15-9-16(22-21-15)18(24)20-14-5-3-4-13(19)11(14)2/h3-9,23H,1-2H3,(H,20,24)(H,21,22). The van der Waals surface area contributed by atoms with Crippen molar-refractivity contribution in [2.75, 3.05) is 5.32 Å². The van der Waals surface area contributed by atoms with Gasteiger partial charge in [-0.05, 0) is 55.3 Å². The summed E-state index contributed by atoms with van der Waals surface area (Å²) in [6.07, 6.45) is 0. The molecule has 0 aliphatic rings. The third-order valence-electron chi connectivity index (χ3n) is 3.77. The quantitative estimate of drug-likeness (QED) is 0.664. The number of hydrogen-bond acceptors (Lipinski definition) is 3. The second-order valence-electron chi connectivity index (χ2n) is 5.55. The summed E-state index contributed by atoms with van der Waals surface area (Å²) in [6, 6.07) is 12.2. The lowest BCUT2D eigenvalue weighted by Gasteiger charge is -2.08. The summed E-state index contributed by atoms with van der Waals surface area (Å²) >= 11 is 6.06. The summed E-state index contributed by atoms with van der Waals surface area (Å²) in [5, 5.41) is 20.2. The van der Waals surface area contributed by atoms with Crippen LogP contribution in [0.4, 0.5) is 5.69 Å². The number of rotatable bonds is 3. The molecule has 0 saturated heterocycles. The Bertz CT molecular complexity index is 918. The third-order valence-corrected chi connectivity index (χ3v) is 4.18. The number of aromatic hydroxyl groups is 1. The van der Waals surface area contributed by atoms with Crippen LogP contribution in [0.15, 0.2) is 42.5 Å². The lowest BCUT2D eigenvalue weighted by Crippen LogP contribution is -2.13. The summed E-state index contributed by atoms with van der Waals surface area (Å²) < 4.78 is 0. The second-order valence-corrected chi connectivity index (χ2v) is 5.96. The highest BCUT2D eigenvalue weighted by Gasteiger charge is 2.14. The zero-order valence-electron chi connectivity index (χ0n) is 13.2. The van der Waals surface area contributed by atoms with Crippen molar-refractivity contribution in [2.45, 2.75) is 13.8 Å². The molecule has 3 rings (SSSR count). The van der Waals surface area contributed by atoms with Crippen molar-refractivity contribution < 1.29 is 9.90 Å². The van der Waals surface area contributed by atoms with Crippen molar-refractivity contribution in [3.8, 4) is 17.0 Å². The molecule has 3 aromatic rings. The number of amides is 1. The molecule has 0 bridgehead atoms. The minimum Gasteiger partial charge on any atom is -0.507 e. The normalized spacial score (nSPS) is 10.6. The van der Waals surface area contributed by atoms with Gasteiger partial charge >= 0.3 is 0 Å². The fourth-order valence-electron chi connectivity index (χ4n) is 2.37. The number of H-pyrrole nitrogens is 1. The first-order valence-corrected chi connectivity index (χ1v) is 7.75. The number of halogens is 1. The van der Waals surface area contributed by atoms with E-state index in [4.69, 9.17) is 11.6 Å². The lowest BCUT2D eigenvalue weighted by molar-refractivity contribution is 0.102. The van der Waals surface area contributed by atoms with Crippen molar-refractivity contribution in [3.05, 3.63) is 64.3 Å². The van der Waals surface area contributed by atoms with Gasteiger partial charge in [-0.3, -0.25) is 9.89 Å². The number of carbonyl (C=O) groups excluding carboxylic acids is 1. The van der Waals surface area contributed by atoms with Crippen LogP contribution >= 0.6 is 11.6 Å². The lowest BCUT2D eigenvalue weighted by atomic mass is 10.1.